The van der Waals surface area contributed by atoms with Gasteiger partial charge in [0.05, 0.1) is 31.3 Å². The summed E-state index contributed by atoms with van der Waals surface area (Å²) in [7, 11) is 1.59. The van der Waals surface area contributed by atoms with Crippen LogP contribution < -0.4 is 38.9 Å². The highest BCUT2D eigenvalue weighted by Gasteiger charge is 2.53. The summed E-state index contributed by atoms with van der Waals surface area (Å²) in [5.74, 6) is -0.810. The Balaban J connectivity index is 1.91. The summed E-state index contributed by atoms with van der Waals surface area (Å²) in [6.45, 7) is 4.01. The molecule has 0 spiro atoms. The fourth-order valence-corrected chi connectivity index (χ4v) is 6.05. The van der Waals surface area contributed by atoms with E-state index in [-0.39, 0.29) is 44.6 Å². The Bertz CT molecular complexity index is 881. The second-order valence-electron chi connectivity index (χ2n) is 11.8. The summed E-state index contributed by atoms with van der Waals surface area (Å²) in [6.07, 6.45) is -4.32. The summed E-state index contributed by atoms with van der Waals surface area (Å²) in [5, 5.41) is 52.8. The van der Waals surface area contributed by atoms with E-state index in [1.807, 2.05) is 13.0 Å². The molecule has 41 heavy (non-hydrogen) atoms. The van der Waals surface area contributed by atoms with Gasteiger partial charge in [0.1, 0.15) is 35.8 Å². The molecule has 2 fully saturated rings. The molecule has 1 saturated heterocycles. The highest BCUT2D eigenvalue weighted by atomic mass is 16.7. The average molecular weight is 590 g/mol. The minimum Gasteiger partial charge on any atom is -0.492 e. The first-order valence-electron chi connectivity index (χ1n) is 14.4. The van der Waals surface area contributed by atoms with Crippen molar-refractivity contribution in [3.05, 3.63) is 11.8 Å². The lowest BCUT2D eigenvalue weighted by Crippen LogP contribution is -2.69. The molecule has 15 N–H and O–H groups in total. The zero-order valence-electron chi connectivity index (χ0n) is 24.2. The molecule has 1 unspecified atom stereocenters. The van der Waals surface area contributed by atoms with Crippen LogP contribution in [-0.2, 0) is 19.0 Å². The fraction of sp³-hybridized carbons (Fsp3) is 0.885. The van der Waals surface area contributed by atoms with Gasteiger partial charge >= 0.3 is 0 Å². The van der Waals surface area contributed by atoms with Gasteiger partial charge in [-0.25, -0.2) is 0 Å². The topological polar surface area (TPSA) is 266 Å². The third kappa shape index (κ3) is 8.13. The molecule has 3 aliphatic rings. The van der Waals surface area contributed by atoms with Crippen LogP contribution in [0.25, 0.3) is 0 Å². The largest absolute Gasteiger partial charge is 0.492 e. The third-order valence-corrected chi connectivity index (χ3v) is 8.22. The number of aliphatic hydroxyl groups is 4. The van der Waals surface area contributed by atoms with Gasteiger partial charge < -0.3 is 73.5 Å². The minimum atomic E-state index is -1.38. The summed E-state index contributed by atoms with van der Waals surface area (Å²) in [6, 6.07) is -2.69. The number of ether oxygens (including phenoxy) is 3. The number of rotatable bonds is 12. The van der Waals surface area contributed by atoms with Crippen molar-refractivity contribution in [2.24, 2.45) is 28.9 Å². The quantitative estimate of drug-likeness (QED) is 0.102. The molecular weight excluding hydrogens is 538 g/mol. The predicted molar refractivity (Wildman–Crippen MR) is 150 cm³/mol. The van der Waals surface area contributed by atoms with Crippen LogP contribution in [0.5, 0.6) is 0 Å². The van der Waals surface area contributed by atoms with Gasteiger partial charge in [0.15, 0.2) is 6.29 Å². The second kappa shape index (κ2) is 14.8. The molecule has 0 aromatic heterocycles. The van der Waals surface area contributed by atoms with Gasteiger partial charge in [-0.05, 0) is 52.8 Å². The number of amides is 1. The normalized spacial score (nSPS) is 41.2. The average Bonchev–Trinajstić information content (AvgIpc) is 2.91. The molecule has 15 heteroatoms. The lowest BCUT2D eigenvalue weighted by molar-refractivity contribution is -0.297. The highest BCUT2D eigenvalue weighted by Crippen LogP contribution is 2.37. The van der Waals surface area contributed by atoms with Crippen LogP contribution in [0.15, 0.2) is 11.8 Å². The number of hydrogen-bond acceptors (Lipinski definition) is 14. The molecule has 0 radical (unpaired) electrons. The number of carbonyl (C=O) groups excluding carboxylic acids is 1. The maximum absolute atomic E-state index is 12.8. The minimum absolute atomic E-state index is 0.0434. The lowest BCUT2D eigenvalue weighted by atomic mass is 9.72. The molecule has 3 rings (SSSR count). The van der Waals surface area contributed by atoms with E-state index in [9.17, 15) is 25.2 Å². The van der Waals surface area contributed by atoms with E-state index in [1.165, 1.54) is 6.92 Å². The molecule has 238 valence electrons. The van der Waals surface area contributed by atoms with E-state index in [2.05, 4.69) is 16.0 Å². The standard InChI is InChI=1S/C26H51N7O8/c1-12(29)10-32-15-5-4-13(9-28)40-21(15)18-14(30)8-16(33-24(37)17(34)6-7-27)22(19(18)35)41-25-20(36)23(31-3)26(2,38)11-39-25/h4,12,14-23,25,31-32,34-36,38H,5-11,27-30H2,1-3H3,(H,33,37)/t12-,14-,15+,16+,17-,18?,19-,20+,21-,22-,23+,25+,26-/m0/s1. The summed E-state index contributed by atoms with van der Waals surface area (Å²) in [4.78, 5) is 12.8. The summed E-state index contributed by atoms with van der Waals surface area (Å²) >= 11 is 0. The van der Waals surface area contributed by atoms with E-state index in [0.29, 0.717) is 18.7 Å². The lowest BCUT2D eigenvalue weighted by Gasteiger charge is -2.51. The number of likely N-dealkylation sites (N-methyl/N-ethyl adjacent to an activating group) is 1. The molecule has 1 amide bonds. The SMILES string of the molecule is CN[C@@H]1[C@@H](O)[C@@H](O[C@H]2[C@H](NC(=O)[C@@H](O)CCN)C[C@H](N)C([C@H]3OC(CN)=CC[C@H]3NC[C@H](C)N)[C@@H]2O)OC[C@]1(C)O. The number of aliphatic hydroxyl groups excluding tert-OH is 3. The van der Waals surface area contributed by atoms with Crippen LogP contribution >= 0.6 is 0 Å². The van der Waals surface area contributed by atoms with Crippen molar-refractivity contribution in [1.29, 1.82) is 0 Å². The van der Waals surface area contributed by atoms with Gasteiger partial charge in [-0.1, -0.05) is 0 Å². The Kier molecular flexibility index (Phi) is 12.3. The molecule has 1 aliphatic carbocycles. The zero-order chi connectivity index (χ0) is 30.5. The second-order valence-corrected chi connectivity index (χ2v) is 11.8. The molecule has 2 aliphatic heterocycles. The predicted octanol–water partition coefficient (Wildman–Crippen LogP) is -4.73. The molecule has 1 saturated carbocycles. The van der Waals surface area contributed by atoms with Crippen LogP contribution in [-0.4, -0.2) is 132 Å². The number of carbonyl (C=O) groups is 1. The molecule has 0 aromatic rings. The van der Waals surface area contributed by atoms with Gasteiger partial charge in [-0.2, -0.15) is 0 Å². The molecule has 15 nitrogen and oxygen atoms in total. The first-order valence-corrected chi connectivity index (χ1v) is 14.4. The van der Waals surface area contributed by atoms with Gasteiger partial charge in [-0.15, -0.1) is 0 Å². The zero-order valence-corrected chi connectivity index (χ0v) is 24.2. The van der Waals surface area contributed by atoms with Crippen molar-refractivity contribution in [2.75, 3.05) is 33.3 Å². The van der Waals surface area contributed by atoms with Crippen molar-refractivity contribution in [3.63, 3.8) is 0 Å². The number of nitrogens with one attached hydrogen (secondary N) is 3. The first kappa shape index (κ1) is 34.0. The van der Waals surface area contributed by atoms with E-state index in [4.69, 9.17) is 37.1 Å². The van der Waals surface area contributed by atoms with Crippen LogP contribution in [0.3, 0.4) is 0 Å². The smallest absolute Gasteiger partial charge is 0.249 e. The monoisotopic (exact) mass is 589 g/mol. The number of hydrogen-bond donors (Lipinski definition) is 11. The molecule has 0 aromatic carbocycles. The molecule has 2 heterocycles. The van der Waals surface area contributed by atoms with Crippen molar-refractivity contribution in [3.8, 4) is 0 Å². The molecule has 13 atom stereocenters. The number of nitrogens with two attached hydrogens (primary N) is 4. The fourth-order valence-electron chi connectivity index (χ4n) is 6.05. The van der Waals surface area contributed by atoms with Crippen molar-refractivity contribution in [2.45, 2.75) is 106 Å². The summed E-state index contributed by atoms with van der Waals surface area (Å²) < 4.78 is 18.1. The third-order valence-electron chi connectivity index (χ3n) is 8.22. The van der Waals surface area contributed by atoms with Crippen LogP contribution in [0.1, 0.15) is 33.1 Å². The van der Waals surface area contributed by atoms with Crippen molar-refractivity contribution in [1.82, 2.24) is 16.0 Å². The maximum Gasteiger partial charge on any atom is 0.249 e. The van der Waals surface area contributed by atoms with E-state index in [0.717, 1.165) is 0 Å². The van der Waals surface area contributed by atoms with Gasteiger partial charge in [0.25, 0.3) is 0 Å². The van der Waals surface area contributed by atoms with Crippen LogP contribution in [0.2, 0.25) is 0 Å². The Labute approximate surface area is 241 Å². The van der Waals surface area contributed by atoms with E-state index in [1.54, 1.807) is 7.05 Å². The van der Waals surface area contributed by atoms with E-state index < -0.39 is 72.4 Å². The Hall–Kier alpha value is -1.47. The Morgan fingerprint density at radius 3 is 2.59 bits per heavy atom. The van der Waals surface area contributed by atoms with Crippen LogP contribution in [0.4, 0.5) is 0 Å². The maximum atomic E-state index is 12.8. The van der Waals surface area contributed by atoms with Crippen molar-refractivity contribution < 1.29 is 39.4 Å². The van der Waals surface area contributed by atoms with E-state index >= 15 is 0 Å². The summed E-state index contributed by atoms with van der Waals surface area (Å²) in [5.41, 5.74) is 22.6. The van der Waals surface area contributed by atoms with Crippen LogP contribution in [0, 0.1) is 5.92 Å². The van der Waals surface area contributed by atoms with Gasteiger partial charge in [0, 0.05) is 30.6 Å². The Morgan fingerprint density at radius 2 is 1.98 bits per heavy atom. The van der Waals surface area contributed by atoms with Gasteiger partial charge in [0.2, 0.25) is 5.91 Å². The molecular formula is C26H51N7O8. The highest BCUT2D eigenvalue weighted by molar-refractivity contribution is 5.80. The van der Waals surface area contributed by atoms with Gasteiger partial charge in [-0.3, -0.25) is 4.79 Å². The Morgan fingerprint density at radius 1 is 1.27 bits per heavy atom. The molecule has 0 bridgehead atoms. The van der Waals surface area contributed by atoms with Crippen molar-refractivity contribution >= 4 is 5.91 Å². The first-order chi connectivity index (χ1) is 19.3.